The number of aromatic nitrogens is 2. The van der Waals surface area contributed by atoms with Crippen LogP contribution in [0, 0.1) is 0 Å². The predicted octanol–water partition coefficient (Wildman–Crippen LogP) is 3.09. The van der Waals surface area contributed by atoms with E-state index in [2.05, 4.69) is 27.2 Å². The smallest absolute Gasteiger partial charge is 0.242 e. The Morgan fingerprint density at radius 2 is 1.59 bits per heavy atom. The van der Waals surface area contributed by atoms with Crippen molar-refractivity contribution in [1.29, 1.82) is 0 Å². The van der Waals surface area contributed by atoms with Crippen LogP contribution in [0.3, 0.4) is 0 Å². The maximum absolute atomic E-state index is 12.5. The average molecular weight is 408 g/mol. The highest BCUT2D eigenvalue weighted by Gasteiger charge is 2.48. The lowest BCUT2D eigenvalue weighted by atomic mass is 10.0. The second-order valence-electron chi connectivity index (χ2n) is 7.86. The summed E-state index contributed by atoms with van der Waals surface area (Å²) in [5.41, 5.74) is 7.31. The minimum absolute atomic E-state index is 0.0891. The number of amides is 1. The zero-order valence-electron chi connectivity index (χ0n) is 16.0. The molecule has 6 nitrogen and oxygen atoms in total. The zero-order valence-corrected chi connectivity index (χ0v) is 16.8. The number of benzene rings is 2. The van der Waals surface area contributed by atoms with Crippen molar-refractivity contribution < 1.29 is 4.79 Å². The molecule has 0 unspecified atom stereocenters. The van der Waals surface area contributed by atoms with Crippen molar-refractivity contribution in [3.63, 3.8) is 0 Å². The number of halogens is 1. The summed E-state index contributed by atoms with van der Waals surface area (Å²) < 4.78 is 0. The Morgan fingerprint density at radius 3 is 2.24 bits per heavy atom. The Balaban J connectivity index is 1.44. The van der Waals surface area contributed by atoms with E-state index in [1.807, 2.05) is 41.3 Å². The van der Waals surface area contributed by atoms with Gasteiger partial charge in [0.05, 0.1) is 5.54 Å². The fourth-order valence-electron chi connectivity index (χ4n) is 3.93. The summed E-state index contributed by atoms with van der Waals surface area (Å²) in [6, 6.07) is 15.8. The molecule has 0 atom stereocenters. The minimum Gasteiger partial charge on any atom is -0.351 e. The summed E-state index contributed by atoms with van der Waals surface area (Å²) in [6.45, 7) is 2.76. The maximum Gasteiger partial charge on any atom is 0.242 e. The highest BCUT2D eigenvalue weighted by molar-refractivity contribution is 6.30. The van der Waals surface area contributed by atoms with Gasteiger partial charge in [0, 0.05) is 47.5 Å². The van der Waals surface area contributed by atoms with Crippen LogP contribution in [0.15, 0.2) is 48.5 Å². The largest absolute Gasteiger partial charge is 0.351 e. The van der Waals surface area contributed by atoms with Gasteiger partial charge in [-0.15, -0.1) is 10.2 Å². The molecule has 148 valence electrons. The van der Waals surface area contributed by atoms with Gasteiger partial charge in [-0.3, -0.25) is 4.79 Å². The van der Waals surface area contributed by atoms with Crippen molar-refractivity contribution in [3.8, 4) is 11.3 Å². The van der Waals surface area contributed by atoms with Crippen LogP contribution in [0.4, 0.5) is 5.82 Å². The Bertz CT molecular complexity index is 1070. The lowest BCUT2D eigenvalue weighted by Crippen LogP contribution is -2.54. The Hall–Kier alpha value is -2.70. The van der Waals surface area contributed by atoms with Gasteiger partial charge < -0.3 is 15.5 Å². The maximum atomic E-state index is 12.5. The standard InChI is InChI=1S/C22H22ClN5O/c23-16-7-5-15(6-8-16)19-17-3-1-2-4-18(17)20(26-25-19)27-11-13-28(14-12-27)21(29)22(24)9-10-22/h1-8H,9-14,24H2. The predicted molar refractivity (Wildman–Crippen MR) is 115 cm³/mol. The number of anilines is 1. The first kappa shape index (κ1) is 18.3. The highest BCUT2D eigenvalue weighted by Crippen LogP contribution is 2.35. The highest BCUT2D eigenvalue weighted by atomic mass is 35.5. The second-order valence-corrected chi connectivity index (χ2v) is 8.30. The van der Waals surface area contributed by atoms with E-state index in [0.29, 0.717) is 18.1 Å². The van der Waals surface area contributed by atoms with Crippen LogP contribution in [0.2, 0.25) is 5.02 Å². The van der Waals surface area contributed by atoms with Crippen molar-refractivity contribution >= 4 is 34.1 Å². The molecule has 1 aliphatic carbocycles. The van der Waals surface area contributed by atoms with Gasteiger partial charge in [0.1, 0.15) is 5.69 Å². The Kier molecular flexibility index (Phi) is 4.41. The van der Waals surface area contributed by atoms with Crippen molar-refractivity contribution in [2.75, 3.05) is 31.1 Å². The Labute approximate surface area is 174 Å². The molecule has 2 N–H and O–H groups in total. The number of piperazine rings is 1. The van der Waals surface area contributed by atoms with Gasteiger partial charge in [0.2, 0.25) is 5.91 Å². The van der Waals surface area contributed by atoms with Crippen molar-refractivity contribution in [3.05, 3.63) is 53.6 Å². The quantitative estimate of drug-likeness (QED) is 0.722. The number of carbonyl (C=O) groups is 1. The topological polar surface area (TPSA) is 75.4 Å². The van der Waals surface area contributed by atoms with E-state index in [9.17, 15) is 4.79 Å². The SMILES string of the molecule is NC1(C(=O)N2CCN(c3nnc(-c4ccc(Cl)cc4)c4ccccc34)CC2)CC1. The summed E-state index contributed by atoms with van der Waals surface area (Å²) in [7, 11) is 0. The molecule has 2 aromatic carbocycles. The number of nitrogens with two attached hydrogens (primary N) is 1. The van der Waals surface area contributed by atoms with Gasteiger partial charge in [0.15, 0.2) is 5.82 Å². The first-order chi connectivity index (χ1) is 14.0. The number of carbonyl (C=O) groups excluding carboxylic acids is 1. The van der Waals surface area contributed by atoms with Gasteiger partial charge in [-0.05, 0) is 25.0 Å². The minimum atomic E-state index is -0.602. The molecule has 2 fully saturated rings. The van der Waals surface area contributed by atoms with Crippen LogP contribution in [0.25, 0.3) is 22.0 Å². The third-order valence-electron chi connectivity index (χ3n) is 5.87. The fourth-order valence-corrected chi connectivity index (χ4v) is 4.06. The van der Waals surface area contributed by atoms with E-state index in [0.717, 1.165) is 53.8 Å². The molecular weight excluding hydrogens is 386 g/mol. The van der Waals surface area contributed by atoms with Crippen molar-refractivity contribution in [1.82, 2.24) is 15.1 Å². The van der Waals surface area contributed by atoms with Gasteiger partial charge in [0.25, 0.3) is 0 Å². The molecule has 1 aliphatic heterocycles. The molecule has 0 bridgehead atoms. The van der Waals surface area contributed by atoms with Crippen LogP contribution in [-0.2, 0) is 4.79 Å². The molecule has 29 heavy (non-hydrogen) atoms. The normalized spacial score (nSPS) is 18.1. The number of rotatable bonds is 3. The molecule has 0 spiro atoms. The third-order valence-corrected chi connectivity index (χ3v) is 6.12. The molecule has 0 radical (unpaired) electrons. The summed E-state index contributed by atoms with van der Waals surface area (Å²) in [4.78, 5) is 16.6. The molecule has 2 aliphatic rings. The molecule has 2 heterocycles. The molecule has 3 aromatic rings. The first-order valence-electron chi connectivity index (χ1n) is 9.90. The van der Waals surface area contributed by atoms with E-state index >= 15 is 0 Å². The van der Waals surface area contributed by atoms with Crippen LogP contribution < -0.4 is 10.6 Å². The molecule has 1 aromatic heterocycles. The van der Waals surface area contributed by atoms with Gasteiger partial charge >= 0.3 is 0 Å². The lowest BCUT2D eigenvalue weighted by Gasteiger charge is -2.36. The fraction of sp³-hybridized carbons (Fsp3) is 0.318. The van der Waals surface area contributed by atoms with Crippen molar-refractivity contribution in [2.24, 2.45) is 5.73 Å². The second kappa shape index (κ2) is 6.97. The number of hydrogen-bond donors (Lipinski definition) is 1. The summed E-state index contributed by atoms with van der Waals surface area (Å²) in [6.07, 6.45) is 1.60. The van der Waals surface area contributed by atoms with Gasteiger partial charge in [-0.2, -0.15) is 0 Å². The van der Waals surface area contributed by atoms with Crippen molar-refractivity contribution in [2.45, 2.75) is 18.4 Å². The van der Waals surface area contributed by atoms with Gasteiger partial charge in [-0.25, -0.2) is 0 Å². The molecule has 1 saturated carbocycles. The number of nitrogens with zero attached hydrogens (tertiary/aromatic N) is 4. The van der Waals surface area contributed by atoms with Gasteiger partial charge in [-0.1, -0.05) is 48.0 Å². The molecular formula is C22H22ClN5O. The van der Waals surface area contributed by atoms with E-state index in [1.165, 1.54) is 0 Å². The number of fused-ring (bicyclic) bond motifs is 1. The molecule has 1 amide bonds. The molecule has 5 rings (SSSR count). The van der Waals surface area contributed by atoms with E-state index in [-0.39, 0.29) is 5.91 Å². The van der Waals surface area contributed by atoms with Crippen LogP contribution >= 0.6 is 11.6 Å². The monoisotopic (exact) mass is 407 g/mol. The molecule has 7 heteroatoms. The summed E-state index contributed by atoms with van der Waals surface area (Å²) in [5, 5.41) is 11.9. The summed E-state index contributed by atoms with van der Waals surface area (Å²) in [5.74, 6) is 0.950. The zero-order chi connectivity index (χ0) is 20.0. The molecule has 1 saturated heterocycles. The Morgan fingerprint density at radius 1 is 0.931 bits per heavy atom. The average Bonchev–Trinajstić information content (AvgIpc) is 3.52. The van der Waals surface area contributed by atoms with Crippen LogP contribution in [-0.4, -0.2) is 52.7 Å². The third kappa shape index (κ3) is 3.32. The van der Waals surface area contributed by atoms with E-state index in [1.54, 1.807) is 0 Å². The van der Waals surface area contributed by atoms with E-state index in [4.69, 9.17) is 17.3 Å². The lowest BCUT2D eigenvalue weighted by molar-refractivity contribution is -0.133. The first-order valence-corrected chi connectivity index (χ1v) is 10.3. The van der Waals surface area contributed by atoms with Crippen LogP contribution in [0.1, 0.15) is 12.8 Å². The number of hydrogen-bond acceptors (Lipinski definition) is 5. The van der Waals surface area contributed by atoms with E-state index < -0.39 is 5.54 Å². The summed E-state index contributed by atoms with van der Waals surface area (Å²) >= 11 is 6.03. The van der Waals surface area contributed by atoms with Crippen LogP contribution in [0.5, 0.6) is 0 Å².